The van der Waals surface area contributed by atoms with Crippen LogP contribution >= 0.6 is 11.8 Å². The van der Waals surface area contributed by atoms with Gasteiger partial charge in [-0.1, -0.05) is 13.8 Å². The van der Waals surface area contributed by atoms with Gasteiger partial charge in [0.2, 0.25) is 0 Å². The fraction of sp³-hybridized carbons (Fsp3) is 0.444. The second-order valence-corrected chi connectivity index (χ2v) is 4.18. The molecule has 66 valence electrons. The van der Waals surface area contributed by atoms with E-state index in [0.29, 0.717) is 5.92 Å². The van der Waals surface area contributed by atoms with Crippen molar-refractivity contribution in [3.05, 3.63) is 18.5 Å². The van der Waals surface area contributed by atoms with Gasteiger partial charge in [-0.3, -0.25) is 4.98 Å². The molecule has 0 fully saturated rings. The first-order valence-corrected chi connectivity index (χ1v) is 5.01. The molecule has 2 nitrogen and oxygen atoms in total. The Kier molecular flexibility index (Phi) is 3.41. The number of hydrogen-bond acceptors (Lipinski definition) is 3. The van der Waals surface area contributed by atoms with Gasteiger partial charge in [0, 0.05) is 16.8 Å². The largest absolute Gasteiger partial charge is 0.397 e. The number of thioether (sulfide) groups is 1. The predicted octanol–water partition coefficient (Wildman–Crippen LogP) is 2.41. The highest BCUT2D eigenvalue weighted by Crippen LogP contribution is 2.24. The molecule has 1 heterocycles. The molecule has 0 aliphatic rings. The minimum absolute atomic E-state index is 0.697. The first-order valence-electron chi connectivity index (χ1n) is 4.02. The van der Waals surface area contributed by atoms with Crippen LogP contribution in [0.25, 0.3) is 0 Å². The molecule has 0 atom stereocenters. The molecule has 1 rings (SSSR count). The molecule has 0 aromatic carbocycles. The van der Waals surface area contributed by atoms with E-state index in [1.807, 2.05) is 6.07 Å². The minimum Gasteiger partial charge on any atom is -0.397 e. The van der Waals surface area contributed by atoms with Crippen LogP contribution in [0.5, 0.6) is 0 Å². The highest BCUT2D eigenvalue weighted by molar-refractivity contribution is 7.99. The van der Waals surface area contributed by atoms with Crippen molar-refractivity contribution in [1.82, 2.24) is 4.98 Å². The minimum atomic E-state index is 0.697. The quantitative estimate of drug-likeness (QED) is 0.730. The van der Waals surface area contributed by atoms with E-state index in [2.05, 4.69) is 18.8 Å². The van der Waals surface area contributed by atoms with Crippen molar-refractivity contribution < 1.29 is 0 Å². The lowest BCUT2D eigenvalue weighted by atomic mass is 10.3. The van der Waals surface area contributed by atoms with Crippen LogP contribution in [0, 0.1) is 5.92 Å². The van der Waals surface area contributed by atoms with Gasteiger partial charge >= 0.3 is 0 Å². The van der Waals surface area contributed by atoms with Gasteiger partial charge in [0.15, 0.2) is 0 Å². The standard InChI is InChI=1S/C9H14N2S/c1-7(2)6-12-9-3-4-11-5-8(9)10/h3-5,7H,6,10H2,1-2H3. The number of rotatable bonds is 3. The average molecular weight is 182 g/mol. The Morgan fingerprint density at radius 3 is 2.92 bits per heavy atom. The molecule has 0 bridgehead atoms. The van der Waals surface area contributed by atoms with Gasteiger partial charge < -0.3 is 5.73 Å². The van der Waals surface area contributed by atoms with E-state index in [4.69, 9.17) is 5.73 Å². The van der Waals surface area contributed by atoms with Crippen LogP contribution in [0.2, 0.25) is 0 Å². The number of anilines is 1. The summed E-state index contributed by atoms with van der Waals surface area (Å²) in [6.07, 6.45) is 3.47. The van der Waals surface area contributed by atoms with Gasteiger partial charge in [0.05, 0.1) is 11.9 Å². The molecule has 1 aromatic heterocycles. The van der Waals surface area contributed by atoms with Gasteiger partial charge in [0.1, 0.15) is 0 Å². The summed E-state index contributed by atoms with van der Waals surface area (Å²) in [6.45, 7) is 4.40. The van der Waals surface area contributed by atoms with Crippen molar-refractivity contribution in [1.29, 1.82) is 0 Å². The highest BCUT2D eigenvalue weighted by atomic mass is 32.2. The fourth-order valence-electron chi connectivity index (χ4n) is 0.782. The molecular weight excluding hydrogens is 168 g/mol. The fourth-order valence-corrected chi connectivity index (χ4v) is 1.67. The average Bonchev–Trinajstić information content (AvgIpc) is 2.03. The zero-order valence-electron chi connectivity index (χ0n) is 7.45. The molecule has 12 heavy (non-hydrogen) atoms. The van der Waals surface area contributed by atoms with E-state index in [-0.39, 0.29) is 0 Å². The number of aromatic nitrogens is 1. The summed E-state index contributed by atoms with van der Waals surface area (Å²) >= 11 is 1.79. The maximum absolute atomic E-state index is 5.72. The van der Waals surface area contributed by atoms with Crippen molar-refractivity contribution in [3.8, 4) is 0 Å². The lowest BCUT2D eigenvalue weighted by molar-refractivity contribution is 0.750. The van der Waals surface area contributed by atoms with E-state index >= 15 is 0 Å². The number of pyridine rings is 1. The molecule has 0 spiro atoms. The third-order valence-electron chi connectivity index (χ3n) is 1.38. The van der Waals surface area contributed by atoms with Gasteiger partial charge in [0.25, 0.3) is 0 Å². The van der Waals surface area contributed by atoms with Crippen LogP contribution in [0.4, 0.5) is 5.69 Å². The molecular formula is C9H14N2S. The van der Waals surface area contributed by atoms with E-state index in [1.165, 1.54) is 0 Å². The van der Waals surface area contributed by atoms with Gasteiger partial charge in [-0.2, -0.15) is 0 Å². The monoisotopic (exact) mass is 182 g/mol. The van der Waals surface area contributed by atoms with Crippen LogP contribution in [-0.4, -0.2) is 10.7 Å². The van der Waals surface area contributed by atoms with Crippen molar-refractivity contribution in [2.75, 3.05) is 11.5 Å². The molecule has 2 N–H and O–H groups in total. The SMILES string of the molecule is CC(C)CSc1ccncc1N. The van der Waals surface area contributed by atoms with E-state index < -0.39 is 0 Å². The molecule has 0 aliphatic carbocycles. The highest BCUT2D eigenvalue weighted by Gasteiger charge is 2.00. The lowest BCUT2D eigenvalue weighted by Crippen LogP contribution is -1.93. The Morgan fingerprint density at radius 2 is 2.33 bits per heavy atom. The zero-order valence-corrected chi connectivity index (χ0v) is 8.27. The lowest BCUT2D eigenvalue weighted by Gasteiger charge is -2.05. The van der Waals surface area contributed by atoms with Gasteiger partial charge in [-0.15, -0.1) is 11.8 Å². The summed E-state index contributed by atoms with van der Waals surface area (Å²) in [5.74, 6) is 1.80. The third-order valence-corrected chi connectivity index (χ3v) is 2.90. The number of nitrogens with zero attached hydrogens (tertiary/aromatic N) is 1. The van der Waals surface area contributed by atoms with Crippen LogP contribution < -0.4 is 5.73 Å². The smallest absolute Gasteiger partial charge is 0.0638 e. The molecule has 0 amide bonds. The first-order chi connectivity index (χ1) is 5.70. The van der Waals surface area contributed by atoms with E-state index in [1.54, 1.807) is 24.2 Å². The van der Waals surface area contributed by atoms with E-state index in [9.17, 15) is 0 Å². The summed E-state index contributed by atoms with van der Waals surface area (Å²) in [4.78, 5) is 5.07. The third kappa shape index (κ3) is 2.74. The normalized spacial score (nSPS) is 10.6. The second kappa shape index (κ2) is 4.36. The Bertz CT molecular complexity index is 248. The Balaban J connectivity index is 2.57. The first kappa shape index (κ1) is 9.39. The topological polar surface area (TPSA) is 38.9 Å². The number of hydrogen-bond donors (Lipinski definition) is 1. The van der Waals surface area contributed by atoms with Crippen molar-refractivity contribution in [3.63, 3.8) is 0 Å². The van der Waals surface area contributed by atoms with Gasteiger partial charge in [-0.05, 0) is 12.0 Å². The van der Waals surface area contributed by atoms with E-state index in [0.717, 1.165) is 16.3 Å². The Labute approximate surface area is 77.6 Å². The summed E-state index contributed by atoms with van der Waals surface area (Å²) in [5.41, 5.74) is 6.50. The van der Waals surface area contributed by atoms with Crippen LogP contribution in [-0.2, 0) is 0 Å². The van der Waals surface area contributed by atoms with Gasteiger partial charge in [-0.25, -0.2) is 0 Å². The summed E-state index contributed by atoms with van der Waals surface area (Å²) < 4.78 is 0. The zero-order chi connectivity index (χ0) is 8.97. The molecule has 0 saturated carbocycles. The second-order valence-electron chi connectivity index (χ2n) is 3.12. The predicted molar refractivity (Wildman–Crippen MR) is 54.2 cm³/mol. The molecule has 0 aliphatic heterocycles. The maximum atomic E-state index is 5.72. The molecule has 3 heteroatoms. The Morgan fingerprint density at radius 1 is 1.58 bits per heavy atom. The molecule has 0 saturated heterocycles. The number of nitrogens with two attached hydrogens (primary N) is 1. The van der Waals surface area contributed by atoms with Crippen LogP contribution in [0.3, 0.4) is 0 Å². The molecule has 1 aromatic rings. The molecule has 0 radical (unpaired) electrons. The Hall–Kier alpha value is -0.700. The van der Waals surface area contributed by atoms with Crippen LogP contribution in [0.15, 0.2) is 23.4 Å². The summed E-state index contributed by atoms with van der Waals surface area (Å²) in [6, 6.07) is 1.96. The van der Waals surface area contributed by atoms with Crippen LogP contribution in [0.1, 0.15) is 13.8 Å². The van der Waals surface area contributed by atoms with Crippen molar-refractivity contribution >= 4 is 17.4 Å². The summed E-state index contributed by atoms with van der Waals surface area (Å²) in [5, 5.41) is 0. The summed E-state index contributed by atoms with van der Waals surface area (Å²) in [7, 11) is 0. The van der Waals surface area contributed by atoms with Crippen molar-refractivity contribution in [2.24, 2.45) is 5.92 Å². The molecule has 0 unspecified atom stereocenters. The maximum Gasteiger partial charge on any atom is 0.0638 e. The van der Waals surface area contributed by atoms with Crippen molar-refractivity contribution in [2.45, 2.75) is 18.7 Å². The number of nitrogen functional groups attached to an aromatic ring is 1.